The molecule has 0 radical (unpaired) electrons. The number of halogens is 3. The largest absolute Gasteiger partial charge is 0.489 e. The van der Waals surface area contributed by atoms with Gasteiger partial charge in [-0.25, -0.2) is 4.98 Å². The molecule has 23 heavy (non-hydrogen) atoms. The van der Waals surface area contributed by atoms with Crippen LogP contribution in [-0.2, 0) is 12.8 Å². The standard InChI is InChI=1S/C16H9F3N2OS/c17-16(18,19)11-3-1-10(2-4-11)9-22-12-5-6-13-14(7-12)23-15(8-20)21-13/h1-7H,9H2. The Morgan fingerprint density at radius 2 is 1.87 bits per heavy atom. The number of nitrogens with zero attached hydrogens (tertiary/aromatic N) is 2. The van der Waals surface area contributed by atoms with E-state index >= 15 is 0 Å². The quantitative estimate of drug-likeness (QED) is 0.693. The summed E-state index contributed by atoms with van der Waals surface area (Å²) >= 11 is 1.26. The van der Waals surface area contributed by atoms with Crippen LogP contribution in [0.2, 0.25) is 0 Å². The lowest BCUT2D eigenvalue weighted by atomic mass is 10.1. The molecule has 0 atom stereocenters. The molecule has 116 valence electrons. The van der Waals surface area contributed by atoms with Gasteiger partial charge in [0.15, 0.2) is 5.01 Å². The van der Waals surface area contributed by atoms with Crippen molar-refractivity contribution in [2.75, 3.05) is 0 Å². The Labute approximate surface area is 133 Å². The van der Waals surface area contributed by atoms with Crippen LogP contribution in [-0.4, -0.2) is 4.98 Å². The van der Waals surface area contributed by atoms with E-state index in [0.717, 1.165) is 16.8 Å². The number of ether oxygens (including phenoxy) is 1. The summed E-state index contributed by atoms with van der Waals surface area (Å²) in [5.41, 5.74) is 0.671. The molecule has 0 aliphatic heterocycles. The Bertz CT molecular complexity index is 879. The van der Waals surface area contributed by atoms with Crippen LogP contribution in [0.1, 0.15) is 16.1 Å². The Balaban J connectivity index is 1.71. The molecule has 3 rings (SSSR count). The number of hydrogen-bond donors (Lipinski definition) is 0. The number of aromatic nitrogens is 1. The van der Waals surface area contributed by atoms with Crippen molar-refractivity contribution in [2.24, 2.45) is 0 Å². The van der Waals surface area contributed by atoms with E-state index in [0.29, 0.717) is 21.8 Å². The average Bonchev–Trinajstić information content (AvgIpc) is 2.95. The van der Waals surface area contributed by atoms with Crippen molar-refractivity contribution in [3.63, 3.8) is 0 Å². The number of rotatable bonds is 3. The van der Waals surface area contributed by atoms with Gasteiger partial charge in [0.05, 0.1) is 15.8 Å². The number of fused-ring (bicyclic) bond motifs is 1. The van der Waals surface area contributed by atoms with E-state index in [4.69, 9.17) is 10.00 Å². The molecule has 0 unspecified atom stereocenters. The molecule has 1 heterocycles. The van der Waals surface area contributed by atoms with Crippen molar-refractivity contribution in [1.29, 1.82) is 5.26 Å². The molecular weight excluding hydrogens is 325 g/mol. The number of hydrogen-bond acceptors (Lipinski definition) is 4. The Morgan fingerprint density at radius 1 is 1.13 bits per heavy atom. The molecule has 0 saturated heterocycles. The highest BCUT2D eigenvalue weighted by molar-refractivity contribution is 7.19. The highest BCUT2D eigenvalue weighted by Crippen LogP contribution is 2.29. The first kappa shape index (κ1) is 15.3. The number of alkyl halides is 3. The van der Waals surface area contributed by atoms with Crippen LogP contribution in [0.3, 0.4) is 0 Å². The predicted octanol–water partition coefficient (Wildman–Crippen LogP) is 4.77. The first-order valence-corrected chi connectivity index (χ1v) is 7.37. The zero-order valence-electron chi connectivity index (χ0n) is 11.6. The Morgan fingerprint density at radius 3 is 2.52 bits per heavy atom. The SMILES string of the molecule is N#Cc1nc2ccc(OCc3ccc(C(F)(F)F)cc3)cc2s1. The summed E-state index contributed by atoms with van der Waals surface area (Å²) in [6.07, 6.45) is -4.34. The molecule has 0 spiro atoms. The minimum atomic E-state index is -4.34. The molecule has 3 aromatic rings. The van der Waals surface area contributed by atoms with Gasteiger partial charge < -0.3 is 4.74 Å². The fourth-order valence-corrected chi connectivity index (χ4v) is 2.79. The molecule has 0 N–H and O–H groups in total. The van der Waals surface area contributed by atoms with Crippen LogP contribution in [0.15, 0.2) is 42.5 Å². The van der Waals surface area contributed by atoms with Gasteiger partial charge in [0, 0.05) is 0 Å². The van der Waals surface area contributed by atoms with E-state index in [-0.39, 0.29) is 6.61 Å². The second-order valence-electron chi connectivity index (χ2n) is 4.74. The van der Waals surface area contributed by atoms with Crippen LogP contribution < -0.4 is 4.74 Å². The minimum absolute atomic E-state index is 0.160. The summed E-state index contributed by atoms with van der Waals surface area (Å²) in [7, 11) is 0. The average molecular weight is 334 g/mol. The molecule has 1 aromatic heterocycles. The Hall–Kier alpha value is -2.59. The van der Waals surface area contributed by atoms with Crippen molar-refractivity contribution in [3.8, 4) is 11.8 Å². The smallest absolute Gasteiger partial charge is 0.416 e. The van der Waals surface area contributed by atoms with Gasteiger partial charge in [0.2, 0.25) is 0 Å². The molecule has 0 amide bonds. The van der Waals surface area contributed by atoms with Gasteiger partial charge in [0.25, 0.3) is 0 Å². The van der Waals surface area contributed by atoms with Crippen LogP contribution in [0.25, 0.3) is 10.2 Å². The summed E-state index contributed by atoms with van der Waals surface area (Å²) in [6, 6.07) is 12.1. The van der Waals surface area contributed by atoms with E-state index < -0.39 is 11.7 Å². The van der Waals surface area contributed by atoms with Gasteiger partial charge >= 0.3 is 6.18 Å². The molecule has 0 aliphatic carbocycles. The number of nitriles is 1. The molecule has 7 heteroatoms. The summed E-state index contributed by atoms with van der Waals surface area (Å²) in [4.78, 5) is 4.12. The normalized spacial score (nSPS) is 11.4. The van der Waals surface area contributed by atoms with Gasteiger partial charge in [-0.15, -0.1) is 11.3 Å². The first-order chi connectivity index (χ1) is 11.0. The third-order valence-corrected chi connectivity index (χ3v) is 4.07. The summed E-state index contributed by atoms with van der Waals surface area (Å²) in [5, 5.41) is 9.20. The molecule has 0 saturated carbocycles. The monoisotopic (exact) mass is 334 g/mol. The maximum Gasteiger partial charge on any atom is 0.416 e. The third-order valence-electron chi connectivity index (χ3n) is 3.14. The fourth-order valence-electron chi connectivity index (χ4n) is 2.00. The molecule has 0 fully saturated rings. The van der Waals surface area contributed by atoms with E-state index in [2.05, 4.69) is 4.98 Å². The molecular formula is C16H9F3N2OS. The molecule has 0 bridgehead atoms. The van der Waals surface area contributed by atoms with Crippen LogP contribution in [0, 0.1) is 11.3 Å². The maximum absolute atomic E-state index is 12.5. The van der Waals surface area contributed by atoms with Crippen molar-refractivity contribution in [3.05, 3.63) is 58.6 Å². The molecule has 2 aromatic carbocycles. The topological polar surface area (TPSA) is 45.9 Å². The molecule has 0 aliphatic rings. The van der Waals surface area contributed by atoms with Gasteiger partial charge in [-0.1, -0.05) is 12.1 Å². The van der Waals surface area contributed by atoms with E-state index in [1.54, 1.807) is 18.2 Å². The van der Waals surface area contributed by atoms with Crippen LogP contribution in [0.4, 0.5) is 13.2 Å². The summed E-state index contributed by atoms with van der Waals surface area (Å²) in [5.74, 6) is 0.575. The third kappa shape index (κ3) is 3.43. The van der Waals surface area contributed by atoms with E-state index in [1.807, 2.05) is 6.07 Å². The summed E-state index contributed by atoms with van der Waals surface area (Å²) < 4.78 is 43.9. The molecule has 3 nitrogen and oxygen atoms in total. The van der Waals surface area contributed by atoms with Crippen LogP contribution in [0.5, 0.6) is 5.75 Å². The fraction of sp³-hybridized carbons (Fsp3) is 0.125. The lowest BCUT2D eigenvalue weighted by Gasteiger charge is -2.09. The number of benzene rings is 2. The van der Waals surface area contributed by atoms with E-state index in [9.17, 15) is 13.2 Å². The van der Waals surface area contributed by atoms with Gasteiger partial charge in [0.1, 0.15) is 18.4 Å². The zero-order chi connectivity index (χ0) is 16.4. The van der Waals surface area contributed by atoms with Crippen molar-refractivity contribution >= 4 is 21.6 Å². The van der Waals surface area contributed by atoms with Crippen molar-refractivity contribution < 1.29 is 17.9 Å². The van der Waals surface area contributed by atoms with E-state index in [1.165, 1.54) is 23.5 Å². The maximum atomic E-state index is 12.5. The van der Waals surface area contributed by atoms with Crippen molar-refractivity contribution in [1.82, 2.24) is 4.98 Å². The second kappa shape index (κ2) is 5.89. The highest BCUT2D eigenvalue weighted by atomic mass is 32.1. The lowest BCUT2D eigenvalue weighted by Crippen LogP contribution is -2.05. The first-order valence-electron chi connectivity index (χ1n) is 6.55. The van der Waals surface area contributed by atoms with Crippen molar-refractivity contribution in [2.45, 2.75) is 12.8 Å². The summed E-state index contributed by atoms with van der Waals surface area (Å²) in [6.45, 7) is 0.160. The van der Waals surface area contributed by atoms with Crippen LogP contribution >= 0.6 is 11.3 Å². The lowest BCUT2D eigenvalue weighted by molar-refractivity contribution is -0.137. The predicted molar refractivity (Wildman–Crippen MR) is 80.1 cm³/mol. The van der Waals surface area contributed by atoms with Gasteiger partial charge in [-0.05, 0) is 35.9 Å². The zero-order valence-corrected chi connectivity index (χ0v) is 12.4. The minimum Gasteiger partial charge on any atom is -0.489 e. The van der Waals surface area contributed by atoms with Gasteiger partial charge in [-0.3, -0.25) is 0 Å². The Kier molecular flexibility index (Phi) is 3.92. The highest BCUT2D eigenvalue weighted by Gasteiger charge is 2.29. The van der Waals surface area contributed by atoms with Gasteiger partial charge in [-0.2, -0.15) is 18.4 Å². The number of thiazole rings is 1. The second-order valence-corrected chi connectivity index (χ2v) is 5.77.